The Balaban J connectivity index is 1.75. The molecule has 0 saturated carbocycles. The third kappa shape index (κ3) is 4.99. The largest absolute Gasteiger partial charge is 0.474 e. The van der Waals surface area contributed by atoms with Crippen molar-refractivity contribution in [3.63, 3.8) is 0 Å². The van der Waals surface area contributed by atoms with Crippen LogP contribution in [-0.2, 0) is 4.74 Å². The number of amides is 1. The monoisotopic (exact) mass is 373 g/mol. The van der Waals surface area contributed by atoms with Crippen molar-refractivity contribution in [1.29, 1.82) is 0 Å². The van der Waals surface area contributed by atoms with Gasteiger partial charge in [-0.05, 0) is 52.7 Å². The Bertz CT molecular complexity index is 803. The van der Waals surface area contributed by atoms with Crippen molar-refractivity contribution in [1.82, 2.24) is 14.9 Å². The molecular weight excluding hydrogens is 346 g/mol. The van der Waals surface area contributed by atoms with Gasteiger partial charge < -0.3 is 19.1 Å². The zero-order valence-electron chi connectivity index (χ0n) is 16.4. The first-order chi connectivity index (χ1) is 12.9. The number of carbonyl (C=O) groups is 1. The summed E-state index contributed by atoms with van der Waals surface area (Å²) in [6.07, 6.45) is 1.18. The van der Waals surface area contributed by atoms with Gasteiger partial charge in [-0.1, -0.05) is 12.1 Å². The van der Waals surface area contributed by atoms with Gasteiger partial charge in [0.1, 0.15) is 11.7 Å². The summed E-state index contributed by atoms with van der Waals surface area (Å²) in [7, 11) is 0. The highest BCUT2D eigenvalue weighted by molar-refractivity contribution is 5.75. The highest BCUT2D eigenvalue weighted by Gasteiger charge is 2.29. The van der Waals surface area contributed by atoms with Gasteiger partial charge >= 0.3 is 6.09 Å². The molecule has 1 aliphatic rings. The molecule has 7 nitrogen and oxygen atoms in total. The maximum Gasteiger partial charge on any atom is 0.410 e. The Labute approximate surface area is 159 Å². The minimum absolute atomic E-state index is 0.180. The summed E-state index contributed by atoms with van der Waals surface area (Å²) in [5.74, 6) is 0.747. The van der Waals surface area contributed by atoms with Crippen LogP contribution in [0.2, 0.25) is 0 Å². The minimum atomic E-state index is -0.517. The fourth-order valence-electron chi connectivity index (χ4n) is 2.96. The van der Waals surface area contributed by atoms with E-state index in [0.29, 0.717) is 31.5 Å². The fraction of sp³-hybridized carbons (Fsp3) is 0.550. The molecule has 0 aliphatic carbocycles. The van der Waals surface area contributed by atoms with Crippen LogP contribution in [0.25, 0.3) is 11.0 Å². The van der Waals surface area contributed by atoms with Gasteiger partial charge in [-0.15, -0.1) is 0 Å². The van der Waals surface area contributed by atoms with Crippen LogP contribution in [0, 0.1) is 0 Å². The van der Waals surface area contributed by atoms with E-state index < -0.39 is 5.60 Å². The van der Waals surface area contributed by atoms with E-state index in [9.17, 15) is 4.79 Å². The summed E-state index contributed by atoms with van der Waals surface area (Å²) in [4.78, 5) is 23.1. The average Bonchev–Trinajstić information content (AvgIpc) is 2.61. The standard InChI is InChI=1S/C20H27N3O4/c1-5-25-17-18(22-16-11-7-6-10-15(16)21-17)26-14-9-8-12-23(13-14)19(24)27-20(2,3)4/h6-7,10-11,14H,5,8-9,12-13H2,1-4H3. The van der Waals surface area contributed by atoms with Crippen LogP contribution in [-0.4, -0.2) is 52.4 Å². The molecule has 1 saturated heterocycles. The normalized spacial score (nSPS) is 17.6. The number of piperidine rings is 1. The van der Waals surface area contributed by atoms with Gasteiger partial charge in [-0.2, -0.15) is 0 Å². The van der Waals surface area contributed by atoms with Crippen LogP contribution in [0.1, 0.15) is 40.5 Å². The van der Waals surface area contributed by atoms with Crippen molar-refractivity contribution in [2.75, 3.05) is 19.7 Å². The number of likely N-dealkylation sites (tertiary alicyclic amines) is 1. The molecule has 7 heteroatoms. The molecular formula is C20H27N3O4. The molecule has 0 radical (unpaired) electrons. The smallest absolute Gasteiger partial charge is 0.410 e. The Kier molecular flexibility index (Phi) is 5.68. The lowest BCUT2D eigenvalue weighted by molar-refractivity contribution is 0.00685. The second-order valence-corrected chi connectivity index (χ2v) is 7.56. The molecule has 27 heavy (non-hydrogen) atoms. The van der Waals surface area contributed by atoms with E-state index in [1.807, 2.05) is 52.0 Å². The number of aromatic nitrogens is 2. The number of benzene rings is 1. The summed E-state index contributed by atoms with van der Waals surface area (Å²) < 4.78 is 17.2. The number of para-hydroxylation sites is 2. The highest BCUT2D eigenvalue weighted by Crippen LogP contribution is 2.28. The molecule has 0 N–H and O–H groups in total. The number of ether oxygens (including phenoxy) is 3. The van der Waals surface area contributed by atoms with Gasteiger partial charge in [0.15, 0.2) is 0 Å². The third-order valence-corrected chi connectivity index (χ3v) is 4.10. The van der Waals surface area contributed by atoms with Gasteiger partial charge in [0.2, 0.25) is 0 Å². The Morgan fingerprint density at radius 2 is 1.85 bits per heavy atom. The summed E-state index contributed by atoms with van der Waals surface area (Å²) >= 11 is 0. The Hall–Kier alpha value is -2.57. The number of fused-ring (bicyclic) bond motifs is 1. The van der Waals surface area contributed by atoms with E-state index in [1.165, 1.54) is 0 Å². The lowest BCUT2D eigenvalue weighted by atomic mass is 10.1. The first kappa shape index (κ1) is 19.2. The Morgan fingerprint density at radius 3 is 2.48 bits per heavy atom. The zero-order chi connectivity index (χ0) is 19.4. The van der Waals surface area contributed by atoms with Crippen molar-refractivity contribution in [3.05, 3.63) is 24.3 Å². The molecule has 1 aromatic heterocycles. The maximum atomic E-state index is 12.4. The molecule has 1 aliphatic heterocycles. The summed E-state index contributed by atoms with van der Waals surface area (Å²) in [5.41, 5.74) is 0.986. The molecule has 2 aromatic rings. The predicted octanol–water partition coefficient (Wildman–Crippen LogP) is 3.81. The summed E-state index contributed by atoms with van der Waals surface area (Å²) in [6.45, 7) is 9.07. The SMILES string of the molecule is CCOc1nc2ccccc2nc1OC1CCCN(C(=O)OC(C)(C)C)C1. The molecule has 1 amide bonds. The average molecular weight is 373 g/mol. The number of hydrogen-bond acceptors (Lipinski definition) is 6. The van der Waals surface area contributed by atoms with Crippen molar-refractivity contribution in [2.45, 2.75) is 52.2 Å². The Morgan fingerprint density at radius 1 is 1.19 bits per heavy atom. The first-order valence-corrected chi connectivity index (χ1v) is 9.40. The van der Waals surface area contributed by atoms with Crippen molar-refractivity contribution < 1.29 is 19.0 Å². The summed E-state index contributed by atoms with van der Waals surface area (Å²) in [6, 6.07) is 7.59. The molecule has 3 rings (SSSR count). The quantitative estimate of drug-likeness (QED) is 0.811. The van der Waals surface area contributed by atoms with E-state index in [0.717, 1.165) is 23.9 Å². The van der Waals surface area contributed by atoms with E-state index in [1.54, 1.807) is 4.90 Å². The predicted molar refractivity (Wildman–Crippen MR) is 102 cm³/mol. The number of nitrogens with zero attached hydrogens (tertiary/aromatic N) is 3. The number of rotatable bonds is 4. The van der Waals surface area contributed by atoms with E-state index >= 15 is 0 Å². The molecule has 2 heterocycles. The van der Waals surface area contributed by atoms with Crippen molar-refractivity contribution >= 4 is 17.1 Å². The van der Waals surface area contributed by atoms with Crippen LogP contribution in [0.5, 0.6) is 11.8 Å². The molecule has 0 spiro atoms. The van der Waals surface area contributed by atoms with Crippen LogP contribution in [0.15, 0.2) is 24.3 Å². The van der Waals surface area contributed by atoms with Crippen molar-refractivity contribution in [3.8, 4) is 11.8 Å². The highest BCUT2D eigenvalue weighted by atomic mass is 16.6. The van der Waals surface area contributed by atoms with E-state index in [-0.39, 0.29) is 12.2 Å². The van der Waals surface area contributed by atoms with Crippen LogP contribution < -0.4 is 9.47 Å². The van der Waals surface area contributed by atoms with Gasteiger partial charge in [0.25, 0.3) is 11.8 Å². The molecule has 0 bridgehead atoms. The van der Waals surface area contributed by atoms with Crippen LogP contribution >= 0.6 is 0 Å². The molecule has 1 unspecified atom stereocenters. The van der Waals surface area contributed by atoms with E-state index in [2.05, 4.69) is 9.97 Å². The molecule has 1 atom stereocenters. The van der Waals surface area contributed by atoms with Gasteiger partial charge in [-0.3, -0.25) is 0 Å². The maximum absolute atomic E-state index is 12.4. The van der Waals surface area contributed by atoms with Gasteiger partial charge in [0.05, 0.1) is 24.2 Å². The number of carbonyl (C=O) groups excluding carboxylic acids is 1. The third-order valence-electron chi connectivity index (χ3n) is 4.10. The topological polar surface area (TPSA) is 73.8 Å². The molecule has 1 aromatic carbocycles. The zero-order valence-corrected chi connectivity index (χ0v) is 16.4. The second kappa shape index (κ2) is 7.98. The lowest BCUT2D eigenvalue weighted by Crippen LogP contribution is -2.46. The van der Waals surface area contributed by atoms with Crippen LogP contribution in [0.4, 0.5) is 4.79 Å². The molecule has 146 valence electrons. The molecule has 1 fully saturated rings. The minimum Gasteiger partial charge on any atom is -0.474 e. The lowest BCUT2D eigenvalue weighted by Gasteiger charge is -2.34. The van der Waals surface area contributed by atoms with Gasteiger partial charge in [-0.25, -0.2) is 14.8 Å². The number of hydrogen-bond donors (Lipinski definition) is 0. The summed E-state index contributed by atoms with van der Waals surface area (Å²) in [5, 5.41) is 0. The second-order valence-electron chi connectivity index (χ2n) is 7.56. The van der Waals surface area contributed by atoms with Crippen LogP contribution in [0.3, 0.4) is 0 Å². The van der Waals surface area contributed by atoms with Crippen molar-refractivity contribution in [2.24, 2.45) is 0 Å². The first-order valence-electron chi connectivity index (χ1n) is 9.40. The van der Waals surface area contributed by atoms with Gasteiger partial charge in [0, 0.05) is 6.54 Å². The fourth-order valence-corrected chi connectivity index (χ4v) is 2.96. The van der Waals surface area contributed by atoms with E-state index in [4.69, 9.17) is 14.2 Å².